The second-order valence-electron chi connectivity index (χ2n) is 3.90. The Kier molecular flexibility index (Phi) is 6.43. The zero-order valence-corrected chi connectivity index (χ0v) is 10.4. The topological polar surface area (TPSA) is 58.7 Å². The summed E-state index contributed by atoms with van der Waals surface area (Å²) in [4.78, 5) is 2.25. The molecule has 0 aliphatic carbocycles. The molecule has 17 heavy (non-hydrogen) atoms. The number of hydrogen-bond donors (Lipinski definition) is 2. The van der Waals surface area contributed by atoms with Crippen molar-refractivity contribution >= 4 is 5.69 Å². The van der Waals surface area contributed by atoms with Gasteiger partial charge in [0.05, 0.1) is 5.69 Å². The van der Waals surface area contributed by atoms with Crippen LogP contribution in [0.25, 0.3) is 0 Å². The van der Waals surface area contributed by atoms with Crippen LogP contribution in [-0.2, 0) is 0 Å². The molecular weight excluding hydrogens is 216 g/mol. The van der Waals surface area contributed by atoms with E-state index in [0.717, 1.165) is 31.8 Å². The van der Waals surface area contributed by atoms with E-state index in [1.54, 1.807) is 0 Å². The summed E-state index contributed by atoms with van der Waals surface area (Å²) in [6.07, 6.45) is 0.807. The lowest BCUT2D eigenvalue weighted by atomic mass is 10.3. The minimum absolute atomic E-state index is 0.239. The van der Waals surface area contributed by atoms with Crippen molar-refractivity contribution in [1.29, 1.82) is 0 Å². The Morgan fingerprint density at radius 3 is 2.71 bits per heavy atom. The van der Waals surface area contributed by atoms with Gasteiger partial charge in [-0.25, -0.2) is 0 Å². The number of aliphatic hydroxyl groups is 1. The number of rotatable bonds is 8. The SMILES string of the molecule is CCN(CCCO)CCOc1ccccc1N. The van der Waals surface area contributed by atoms with E-state index in [1.165, 1.54) is 0 Å². The van der Waals surface area contributed by atoms with Crippen molar-refractivity contribution in [3.8, 4) is 5.75 Å². The molecule has 0 fully saturated rings. The fourth-order valence-corrected chi connectivity index (χ4v) is 1.62. The molecule has 1 rings (SSSR count). The number of ether oxygens (including phenoxy) is 1. The van der Waals surface area contributed by atoms with Gasteiger partial charge in [0.15, 0.2) is 0 Å². The van der Waals surface area contributed by atoms with Gasteiger partial charge in [-0.1, -0.05) is 19.1 Å². The summed E-state index contributed by atoms with van der Waals surface area (Å²) < 4.78 is 5.62. The van der Waals surface area contributed by atoms with Crippen molar-refractivity contribution in [2.75, 3.05) is 38.6 Å². The molecule has 0 amide bonds. The summed E-state index contributed by atoms with van der Waals surface area (Å²) in [5, 5.41) is 8.78. The number of benzene rings is 1. The van der Waals surface area contributed by atoms with E-state index >= 15 is 0 Å². The van der Waals surface area contributed by atoms with Crippen molar-refractivity contribution in [3.05, 3.63) is 24.3 Å². The molecule has 0 saturated heterocycles. The quantitative estimate of drug-likeness (QED) is 0.671. The molecule has 1 aromatic carbocycles. The molecule has 4 nitrogen and oxygen atoms in total. The monoisotopic (exact) mass is 238 g/mol. The van der Waals surface area contributed by atoms with Gasteiger partial charge in [0.25, 0.3) is 0 Å². The molecule has 0 saturated carbocycles. The third-order valence-electron chi connectivity index (χ3n) is 2.66. The summed E-state index contributed by atoms with van der Waals surface area (Å²) in [5.41, 5.74) is 6.45. The zero-order chi connectivity index (χ0) is 12.5. The van der Waals surface area contributed by atoms with E-state index < -0.39 is 0 Å². The summed E-state index contributed by atoms with van der Waals surface area (Å²) in [6.45, 7) is 5.68. The maximum atomic E-state index is 8.78. The molecular formula is C13H22N2O2. The van der Waals surface area contributed by atoms with Gasteiger partial charge < -0.3 is 20.5 Å². The Hall–Kier alpha value is -1.26. The third-order valence-corrected chi connectivity index (χ3v) is 2.66. The van der Waals surface area contributed by atoms with Crippen LogP contribution in [0.15, 0.2) is 24.3 Å². The Morgan fingerprint density at radius 2 is 2.06 bits per heavy atom. The van der Waals surface area contributed by atoms with Gasteiger partial charge in [0.1, 0.15) is 12.4 Å². The Labute approximate surface area is 103 Å². The molecule has 0 spiro atoms. The maximum Gasteiger partial charge on any atom is 0.142 e. The first-order chi connectivity index (χ1) is 8.27. The molecule has 0 aliphatic rings. The zero-order valence-electron chi connectivity index (χ0n) is 10.4. The highest BCUT2D eigenvalue weighted by atomic mass is 16.5. The number of anilines is 1. The molecule has 0 aliphatic heterocycles. The highest BCUT2D eigenvalue weighted by Crippen LogP contribution is 2.19. The summed E-state index contributed by atoms with van der Waals surface area (Å²) in [7, 11) is 0. The Bertz CT molecular complexity index is 318. The minimum Gasteiger partial charge on any atom is -0.490 e. The van der Waals surface area contributed by atoms with E-state index in [4.69, 9.17) is 15.6 Å². The van der Waals surface area contributed by atoms with Crippen molar-refractivity contribution in [2.24, 2.45) is 0 Å². The standard InChI is InChI=1S/C13H22N2O2/c1-2-15(8-5-10-16)9-11-17-13-7-4-3-6-12(13)14/h3-4,6-7,16H,2,5,8-11,14H2,1H3. The summed E-state index contributed by atoms with van der Waals surface area (Å²) in [5.74, 6) is 0.741. The van der Waals surface area contributed by atoms with Crippen LogP contribution in [0.2, 0.25) is 0 Å². The molecule has 0 atom stereocenters. The fourth-order valence-electron chi connectivity index (χ4n) is 1.62. The number of nitrogen functional groups attached to an aromatic ring is 1. The average Bonchev–Trinajstić information content (AvgIpc) is 2.35. The summed E-state index contributed by atoms with van der Waals surface area (Å²) >= 11 is 0. The van der Waals surface area contributed by atoms with Crippen LogP contribution < -0.4 is 10.5 Å². The minimum atomic E-state index is 0.239. The molecule has 4 heteroatoms. The van der Waals surface area contributed by atoms with Crippen molar-refractivity contribution in [3.63, 3.8) is 0 Å². The lowest BCUT2D eigenvalue weighted by Gasteiger charge is -2.20. The average molecular weight is 238 g/mol. The molecule has 0 aromatic heterocycles. The number of aliphatic hydroxyl groups excluding tert-OH is 1. The first-order valence-electron chi connectivity index (χ1n) is 6.08. The van der Waals surface area contributed by atoms with Crippen LogP contribution in [-0.4, -0.2) is 42.9 Å². The highest BCUT2D eigenvalue weighted by molar-refractivity contribution is 5.51. The van der Waals surface area contributed by atoms with Crippen molar-refractivity contribution < 1.29 is 9.84 Å². The maximum absolute atomic E-state index is 8.78. The number of nitrogens with zero attached hydrogens (tertiary/aromatic N) is 1. The van der Waals surface area contributed by atoms with Crippen LogP contribution in [0.5, 0.6) is 5.75 Å². The van der Waals surface area contributed by atoms with E-state index in [-0.39, 0.29) is 6.61 Å². The van der Waals surface area contributed by atoms with Crippen LogP contribution >= 0.6 is 0 Å². The van der Waals surface area contributed by atoms with Gasteiger partial charge in [-0.3, -0.25) is 0 Å². The lowest BCUT2D eigenvalue weighted by Crippen LogP contribution is -2.29. The van der Waals surface area contributed by atoms with E-state index in [2.05, 4.69) is 11.8 Å². The first-order valence-corrected chi connectivity index (χ1v) is 6.08. The number of nitrogens with two attached hydrogens (primary N) is 1. The van der Waals surface area contributed by atoms with Crippen molar-refractivity contribution in [2.45, 2.75) is 13.3 Å². The molecule has 3 N–H and O–H groups in total. The highest BCUT2D eigenvalue weighted by Gasteiger charge is 2.03. The number of likely N-dealkylation sites (N-methyl/N-ethyl adjacent to an activating group) is 1. The molecule has 0 heterocycles. The molecule has 96 valence electrons. The van der Waals surface area contributed by atoms with Gasteiger partial charge in [-0.15, -0.1) is 0 Å². The third kappa shape index (κ3) is 5.06. The lowest BCUT2D eigenvalue weighted by molar-refractivity contribution is 0.195. The second-order valence-corrected chi connectivity index (χ2v) is 3.90. The molecule has 0 bridgehead atoms. The van der Waals surface area contributed by atoms with Crippen LogP contribution in [0.1, 0.15) is 13.3 Å². The smallest absolute Gasteiger partial charge is 0.142 e. The molecule has 0 unspecified atom stereocenters. The van der Waals surface area contributed by atoms with Crippen LogP contribution in [0.3, 0.4) is 0 Å². The first kappa shape index (κ1) is 13.8. The normalized spacial score (nSPS) is 10.8. The van der Waals surface area contributed by atoms with Crippen molar-refractivity contribution in [1.82, 2.24) is 4.90 Å². The van der Waals surface area contributed by atoms with Gasteiger partial charge in [-0.05, 0) is 25.1 Å². The van der Waals surface area contributed by atoms with Crippen LogP contribution in [0.4, 0.5) is 5.69 Å². The molecule has 1 aromatic rings. The van der Waals surface area contributed by atoms with Gasteiger partial charge in [0.2, 0.25) is 0 Å². The predicted molar refractivity (Wildman–Crippen MR) is 70.2 cm³/mol. The summed E-state index contributed by atoms with van der Waals surface area (Å²) in [6, 6.07) is 7.51. The molecule has 0 radical (unpaired) electrons. The largest absolute Gasteiger partial charge is 0.490 e. The number of para-hydroxylation sites is 2. The second kappa shape index (κ2) is 7.92. The van der Waals surface area contributed by atoms with Crippen LogP contribution in [0, 0.1) is 0 Å². The van der Waals surface area contributed by atoms with E-state index in [1.807, 2.05) is 24.3 Å². The van der Waals surface area contributed by atoms with E-state index in [9.17, 15) is 0 Å². The Morgan fingerprint density at radius 1 is 1.29 bits per heavy atom. The van der Waals surface area contributed by atoms with Gasteiger partial charge in [-0.2, -0.15) is 0 Å². The van der Waals surface area contributed by atoms with Gasteiger partial charge >= 0.3 is 0 Å². The Balaban J connectivity index is 2.28. The number of hydrogen-bond acceptors (Lipinski definition) is 4. The fraction of sp³-hybridized carbons (Fsp3) is 0.538. The predicted octanol–water partition coefficient (Wildman–Crippen LogP) is 1.35. The van der Waals surface area contributed by atoms with Gasteiger partial charge in [0, 0.05) is 19.7 Å². The van der Waals surface area contributed by atoms with E-state index in [0.29, 0.717) is 12.3 Å².